The molecule has 0 fully saturated rings. The summed E-state index contributed by atoms with van der Waals surface area (Å²) >= 11 is 0. The van der Waals surface area contributed by atoms with E-state index < -0.39 is 15.9 Å². The van der Waals surface area contributed by atoms with Crippen LogP contribution in [0.4, 0.5) is 0 Å². The lowest BCUT2D eigenvalue weighted by Gasteiger charge is -2.14. The third-order valence-corrected chi connectivity index (χ3v) is 5.44. The zero-order chi connectivity index (χ0) is 20.7. The van der Waals surface area contributed by atoms with E-state index >= 15 is 0 Å². The number of hydrogen-bond donors (Lipinski definition) is 2. The fraction of sp³-hybridized carbons (Fsp3) is 0.316. The molecule has 0 saturated carbocycles. The largest absolute Gasteiger partial charge is 0.493 e. The highest BCUT2D eigenvalue weighted by Gasteiger charge is 2.17. The van der Waals surface area contributed by atoms with Crippen molar-refractivity contribution in [2.75, 3.05) is 34.4 Å². The molecular formula is C19H24N2O6S. The zero-order valence-electron chi connectivity index (χ0n) is 16.2. The van der Waals surface area contributed by atoms with E-state index in [2.05, 4.69) is 10.0 Å². The number of hydrogen-bond acceptors (Lipinski definition) is 6. The van der Waals surface area contributed by atoms with Crippen molar-refractivity contribution in [3.63, 3.8) is 0 Å². The van der Waals surface area contributed by atoms with E-state index in [9.17, 15) is 13.2 Å². The van der Waals surface area contributed by atoms with Crippen molar-refractivity contribution < 1.29 is 27.4 Å². The zero-order valence-corrected chi connectivity index (χ0v) is 17.1. The molecule has 0 aliphatic heterocycles. The van der Waals surface area contributed by atoms with Gasteiger partial charge in [0.25, 0.3) is 5.91 Å². The summed E-state index contributed by atoms with van der Waals surface area (Å²) in [6, 6.07) is 9.56. The van der Waals surface area contributed by atoms with Gasteiger partial charge in [0, 0.05) is 18.7 Å². The van der Waals surface area contributed by atoms with Crippen LogP contribution in [0.25, 0.3) is 0 Å². The number of sulfonamides is 1. The van der Waals surface area contributed by atoms with E-state index in [-0.39, 0.29) is 18.0 Å². The summed E-state index contributed by atoms with van der Waals surface area (Å²) in [5, 5.41) is 2.65. The van der Waals surface area contributed by atoms with Crippen LogP contribution in [0, 0.1) is 6.92 Å². The Morgan fingerprint density at radius 3 is 2.00 bits per heavy atom. The van der Waals surface area contributed by atoms with Gasteiger partial charge >= 0.3 is 0 Å². The van der Waals surface area contributed by atoms with Crippen LogP contribution in [0.1, 0.15) is 15.9 Å². The lowest BCUT2D eigenvalue weighted by atomic mass is 10.1. The molecule has 152 valence electrons. The summed E-state index contributed by atoms with van der Waals surface area (Å²) in [5.74, 6) is 0.695. The molecule has 0 aliphatic rings. The van der Waals surface area contributed by atoms with Crippen molar-refractivity contribution in [3.8, 4) is 17.2 Å². The topological polar surface area (TPSA) is 103 Å². The molecule has 0 atom stereocenters. The maximum Gasteiger partial charge on any atom is 0.251 e. The molecule has 28 heavy (non-hydrogen) atoms. The van der Waals surface area contributed by atoms with Gasteiger partial charge in [0.2, 0.25) is 15.8 Å². The van der Waals surface area contributed by atoms with E-state index in [0.29, 0.717) is 22.8 Å². The first-order chi connectivity index (χ1) is 13.3. The Bertz CT molecular complexity index is 901. The highest BCUT2D eigenvalue weighted by atomic mass is 32.2. The Hall–Kier alpha value is -2.78. The van der Waals surface area contributed by atoms with E-state index in [1.54, 1.807) is 12.1 Å². The number of amides is 1. The second-order valence-electron chi connectivity index (χ2n) is 5.88. The molecule has 2 aromatic carbocycles. The standard InChI is InChI=1S/C19H24N2O6S/c1-13-5-7-15(8-6-13)28(23,24)21-10-9-20-19(22)14-11-16(25-2)18(27-4)17(12-14)26-3/h5-8,11-12,21H,9-10H2,1-4H3,(H,20,22). The molecular weight excluding hydrogens is 384 g/mol. The minimum absolute atomic E-state index is 0.0480. The normalized spacial score (nSPS) is 11.0. The number of methoxy groups -OCH3 is 3. The van der Waals surface area contributed by atoms with E-state index in [1.165, 1.54) is 45.6 Å². The number of carbonyl (C=O) groups is 1. The number of aryl methyl sites for hydroxylation is 1. The fourth-order valence-corrected chi connectivity index (χ4v) is 3.51. The predicted molar refractivity (Wildman–Crippen MR) is 105 cm³/mol. The Morgan fingerprint density at radius 1 is 0.929 bits per heavy atom. The Morgan fingerprint density at radius 2 is 1.50 bits per heavy atom. The maximum atomic E-state index is 12.4. The molecule has 0 bridgehead atoms. The third kappa shape index (κ3) is 5.14. The van der Waals surface area contributed by atoms with Crippen LogP contribution in [0.3, 0.4) is 0 Å². The Balaban J connectivity index is 1.98. The molecule has 2 aromatic rings. The molecule has 0 aliphatic carbocycles. The van der Waals surface area contributed by atoms with Crippen LogP contribution in [-0.4, -0.2) is 48.7 Å². The van der Waals surface area contributed by atoms with E-state index in [4.69, 9.17) is 14.2 Å². The molecule has 0 unspecified atom stereocenters. The summed E-state index contributed by atoms with van der Waals surface area (Å²) in [5.41, 5.74) is 1.27. The number of benzene rings is 2. The van der Waals surface area contributed by atoms with Crippen LogP contribution in [-0.2, 0) is 10.0 Å². The summed E-state index contributed by atoms with van der Waals surface area (Å²) in [6.45, 7) is 2.04. The minimum atomic E-state index is -3.63. The monoisotopic (exact) mass is 408 g/mol. The molecule has 0 saturated heterocycles. The molecule has 0 heterocycles. The van der Waals surface area contributed by atoms with Gasteiger partial charge in [-0.05, 0) is 31.2 Å². The number of rotatable bonds is 9. The second kappa shape index (κ2) is 9.43. The predicted octanol–water partition coefficient (Wildman–Crippen LogP) is 1.73. The lowest BCUT2D eigenvalue weighted by Crippen LogP contribution is -2.34. The van der Waals surface area contributed by atoms with Crippen LogP contribution < -0.4 is 24.2 Å². The first kappa shape index (κ1) is 21.5. The van der Waals surface area contributed by atoms with Crippen molar-refractivity contribution in [3.05, 3.63) is 47.5 Å². The van der Waals surface area contributed by atoms with Gasteiger partial charge < -0.3 is 19.5 Å². The SMILES string of the molecule is COc1cc(C(=O)NCCNS(=O)(=O)c2ccc(C)cc2)cc(OC)c1OC. The van der Waals surface area contributed by atoms with Gasteiger partial charge in [-0.1, -0.05) is 17.7 Å². The van der Waals surface area contributed by atoms with Gasteiger partial charge in [-0.2, -0.15) is 0 Å². The molecule has 1 amide bonds. The van der Waals surface area contributed by atoms with E-state index in [1.807, 2.05) is 6.92 Å². The maximum absolute atomic E-state index is 12.4. The number of carbonyl (C=O) groups excluding carboxylic acids is 1. The minimum Gasteiger partial charge on any atom is -0.493 e. The van der Waals surface area contributed by atoms with Gasteiger partial charge in [-0.25, -0.2) is 13.1 Å². The van der Waals surface area contributed by atoms with Gasteiger partial charge in [-0.15, -0.1) is 0 Å². The highest BCUT2D eigenvalue weighted by Crippen LogP contribution is 2.38. The van der Waals surface area contributed by atoms with E-state index in [0.717, 1.165) is 5.56 Å². The van der Waals surface area contributed by atoms with Gasteiger partial charge in [0.05, 0.1) is 26.2 Å². The van der Waals surface area contributed by atoms with Gasteiger partial charge in [-0.3, -0.25) is 4.79 Å². The second-order valence-corrected chi connectivity index (χ2v) is 7.65. The number of nitrogens with one attached hydrogen (secondary N) is 2. The van der Waals surface area contributed by atoms with Crippen LogP contribution in [0.2, 0.25) is 0 Å². The number of ether oxygens (including phenoxy) is 3. The molecule has 0 aromatic heterocycles. The molecule has 0 spiro atoms. The highest BCUT2D eigenvalue weighted by molar-refractivity contribution is 7.89. The summed E-state index contributed by atoms with van der Waals surface area (Å²) in [7, 11) is 0.759. The average Bonchev–Trinajstić information content (AvgIpc) is 2.70. The lowest BCUT2D eigenvalue weighted by molar-refractivity contribution is 0.0953. The average molecular weight is 408 g/mol. The molecule has 2 rings (SSSR count). The summed E-state index contributed by atoms with van der Waals surface area (Å²) < 4.78 is 42.6. The van der Waals surface area contributed by atoms with Crippen LogP contribution >= 0.6 is 0 Å². The van der Waals surface area contributed by atoms with Crippen molar-refractivity contribution in [1.82, 2.24) is 10.0 Å². The van der Waals surface area contributed by atoms with Crippen LogP contribution in [0.15, 0.2) is 41.3 Å². The Kier molecular flexibility index (Phi) is 7.24. The third-order valence-electron chi connectivity index (χ3n) is 3.96. The molecule has 9 heteroatoms. The van der Waals surface area contributed by atoms with Crippen molar-refractivity contribution in [2.24, 2.45) is 0 Å². The Labute approximate surface area is 164 Å². The van der Waals surface area contributed by atoms with Gasteiger partial charge in [0.15, 0.2) is 11.5 Å². The van der Waals surface area contributed by atoms with Crippen molar-refractivity contribution >= 4 is 15.9 Å². The summed E-state index contributed by atoms with van der Waals surface area (Å²) in [6.07, 6.45) is 0. The summed E-state index contributed by atoms with van der Waals surface area (Å²) in [4.78, 5) is 12.5. The molecule has 0 radical (unpaired) electrons. The van der Waals surface area contributed by atoms with Crippen molar-refractivity contribution in [1.29, 1.82) is 0 Å². The fourth-order valence-electron chi connectivity index (χ4n) is 2.48. The van der Waals surface area contributed by atoms with Gasteiger partial charge in [0.1, 0.15) is 0 Å². The first-order valence-electron chi connectivity index (χ1n) is 8.47. The smallest absolute Gasteiger partial charge is 0.251 e. The molecule has 8 nitrogen and oxygen atoms in total. The van der Waals surface area contributed by atoms with Crippen LogP contribution in [0.5, 0.6) is 17.2 Å². The molecule has 2 N–H and O–H groups in total. The quantitative estimate of drug-likeness (QED) is 0.613. The van der Waals surface area contributed by atoms with Crippen molar-refractivity contribution in [2.45, 2.75) is 11.8 Å². The first-order valence-corrected chi connectivity index (χ1v) is 9.95.